The molecule has 2 aromatic rings. The maximum absolute atomic E-state index is 11.9. The number of nitrogens with one attached hydrogen (secondary N) is 1. The highest BCUT2D eigenvalue weighted by molar-refractivity contribution is 5.91. The second-order valence-corrected chi connectivity index (χ2v) is 4.25. The minimum absolute atomic E-state index is 0.0335. The van der Waals surface area contributed by atoms with E-state index in [1.54, 1.807) is 36.7 Å². The Morgan fingerprint density at radius 1 is 1.24 bits per heavy atom. The van der Waals surface area contributed by atoms with Crippen LogP contribution in [0.2, 0.25) is 0 Å². The Bertz CT molecular complexity index is 660. The molecule has 2 heterocycles. The van der Waals surface area contributed by atoms with E-state index < -0.39 is 0 Å². The molecule has 0 fully saturated rings. The number of aromatic nitrogens is 2. The molecule has 0 bridgehead atoms. The quantitative estimate of drug-likeness (QED) is 0.830. The van der Waals surface area contributed by atoms with Gasteiger partial charge in [-0.05, 0) is 24.3 Å². The first-order chi connectivity index (χ1) is 10.3. The van der Waals surface area contributed by atoms with E-state index >= 15 is 0 Å². The largest absolute Gasteiger partial charge is 0.395 e. The van der Waals surface area contributed by atoms with Gasteiger partial charge in [0, 0.05) is 30.1 Å². The second kappa shape index (κ2) is 7.78. The molecular weight excluding hydrogens is 266 g/mol. The summed E-state index contributed by atoms with van der Waals surface area (Å²) in [5, 5.41) is 11.4. The zero-order valence-corrected chi connectivity index (χ0v) is 11.4. The van der Waals surface area contributed by atoms with Crippen molar-refractivity contribution in [2.24, 2.45) is 0 Å². The van der Waals surface area contributed by atoms with E-state index in [-0.39, 0.29) is 18.9 Å². The molecule has 0 aliphatic carbocycles. The zero-order chi connectivity index (χ0) is 14.9. The number of hydrogen-bond acceptors (Lipinski definition) is 4. The van der Waals surface area contributed by atoms with Gasteiger partial charge in [0.1, 0.15) is 5.82 Å². The number of anilines is 1. The highest BCUT2D eigenvalue weighted by Gasteiger charge is 2.05. The second-order valence-electron chi connectivity index (χ2n) is 4.25. The van der Waals surface area contributed by atoms with Crippen LogP contribution in [-0.4, -0.2) is 27.6 Å². The normalized spacial score (nSPS) is 9.57. The number of aliphatic hydroxyl groups is 1. The predicted octanol–water partition coefficient (Wildman–Crippen LogP) is 1.39. The Labute approximate surface area is 123 Å². The molecule has 0 radical (unpaired) electrons. The van der Waals surface area contributed by atoms with Crippen molar-refractivity contribution in [3.63, 3.8) is 0 Å². The lowest BCUT2D eigenvalue weighted by Crippen LogP contribution is -2.15. The molecule has 0 aliphatic rings. The van der Waals surface area contributed by atoms with E-state index in [0.29, 0.717) is 17.9 Å². The Morgan fingerprint density at radius 3 is 2.90 bits per heavy atom. The van der Waals surface area contributed by atoms with Gasteiger partial charge in [-0.15, -0.1) is 0 Å². The van der Waals surface area contributed by atoms with Crippen LogP contribution in [0.15, 0.2) is 42.7 Å². The van der Waals surface area contributed by atoms with Crippen molar-refractivity contribution in [3.05, 3.63) is 54.0 Å². The molecule has 106 valence electrons. The minimum atomic E-state index is -0.179. The van der Waals surface area contributed by atoms with Gasteiger partial charge in [-0.25, -0.2) is 4.98 Å². The number of aliphatic hydroxyl groups excluding tert-OH is 1. The maximum atomic E-state index is 11.9. The van der Waals surface area contributed by atoms with Crippen LogP contribution < -0.4 is 5.32 Å². The lowest BCUT2D eigenvalue weighted by atomic mass is 10.2. The van der Waals surface area contributed by atoms with Crippen molar-refractivity contribution >= 4 is 11.7 Å². The maximum Gasteiger partial charge on any atom is 0.231 e. The van der Waals surface area contributed by atoms with Crippen molar-refractivity contribution in [1.29, 1.82) is 0 Å². The molecule has 0 spiro atoms. The molecule has 2 N–H and O–H groups in total. The molecule has 0 aliphatic heterocycles. The van der Waals surface area contributed by atoms with E-state index in [0.717, 1.165) is 5.56 Å². The molecule has 21 heavy (non-hydrogen) atoms. The molecule has 1 amide bonds. The summed E-state index contributed by atoms with van der Waals surface area (Å²) in [5.41, 5.74) is 1.44. The monoisotopic (exact) mass is 281 g/mol. The Hall–Kier alpha value is -2.71. The van der Waals surface area contributed by atoms with Gasteiger partial charge in [-0.2, -0.15) is 0 Å². The molecule has 5 heteroatoms. The number of hydrogen-bond donors (Lipinski definition) is 2. The van der Waals surface area contributed by atoms with Gasteiger partial charge in [0.15, 0.2) is 0 Å². The molecule has 5 nitrogen and oxygen atoms in total. The number of rotatable bonds is 4. The fourth-order valence-electron chi connectivity index (χ4n) is 1.65. The smallest absolute Gasteiger partial charge is 0.231 e. The van der Waals surface area contributed by atoms with Gasteiger partial charge in [0.05, 0.1) is 13.0 Å². The third-order valence-corrected chi connectivity index (χ3v) is 2.56. The van der Waals surface area contributed by atoms with Crippen LogP contribution in [0.5, 0.6) is 0 Å². The topological polar surface area (TPSA) is 75.1 Å². The SMILES string of the molecule is O=C(Cc1ccccn1)Nc1cc(C#CCCO)ccn1. The van der Waals surface area contributed by atoms with Crippen molar-refractivity contribution in [2.75, 3.05) is 11.9 Å². The third-order valence-electron chi connectivity index (χ3n) is 2.56. The minimum Gasteiger partial charge on any atom is -0.395 e. The number of carbonyl (C=O) groups excluding carboxylic acids is 1. The fourth-order valence-corrected chi connectivity index (χ4v) is 1.65. The highest BCUT2D eigenvalue weighted by atomic mass is 16.2. The van der Waals surface area contributed by atoms with Crippen LogP contribution >= 0.6 is 0 Å². The average Bonchev–Trinajstić information content (AvgIpc) is 2.49. The summed E-state index contributed by atoms with van der Waals surface area (Å²) in [6.45, 7) is 0.0335. The summed E-state index contributed by atoms with van der Waals surface area (Å²) in [6, 6.07) is 8.88. The standard InChI is InChI=1S/C16H15N3O2/c20-10-4-2-5-13-7-9-18-15(11-13)19-16(21)12-14-6-1-3-8-17-14/h1,3,6-9,11,20H,4,10,12H2,(H,18,19,21). The third kappa shape index (κ3) is 5.05. The number of pyridine rings is 2. The summed E-state index contributed by atoms with van der Waals surface area (Å²) in [7, 11) is 0. The van der Waals surface area contributed by atoms with Crippen molar-refractivity contribution in [3.8, 4) is 11.8 Å². The lowest BCUT2D eigenvalue weighted by molar-refractivity contribution is -0.115. The van der Waals surface area contributed by atoms with Gasteiger partial charge in [-0.3, -0.25) is 9.78 Å². The first kappa shape index (κ1) is 14.7. The molecule has 0 saturated heterocycles. The fraction of sp³-hybridized carbons (Fsp3) is 0.188. The van der Waals surface area contributed by atoms with Crippen LogP contribution in [0.3, 0.4) is 0 Å². The van der Waals surface area contributed by atoms with E-state index in [2.05, 4.69) is 27.1 Å². The zero-order valence-electron chi connectivity index (χ0n) is 11.4. The van der Waals surface area contributed by atoms with Crippen LogP contribution in [0.4, 0.5) is 5.82 Å². The van der Waals surface area contributed by atoms with Gasteiger partial charge in [0.2, 0.25) is 5.91 Å². The Morgan fingerprint density at radius 2 is 2.14 bits per heavy atom. The average molecular weight is 281 g/mol. The van der Waals surface area contributed by atoms with E-state index in [4.69, 9.17) is 5.11 Å². The van der Waals surface area contributed by atoms with Crippen LogP contribution in [0, 0.1) is 11.8 Å². The predicted molar refractivity (Wildman–Crippen MR) is 79.4 cm³/mol. The Balaban J connectivity index is 1.98. The summed E-state index contributed by atoms with van der Waals surface area (Å²) < 4.78 is 0. The van der Waals surface area contributed by atoms with Gasteiger partial charge in [0.25, 0.3) is 0 Å². The highest BCUT2D eigenvalue weighted by Crippen LogP contribution is 2.06. The first-order valence-electron chi connectivity index (χ1n) is 6.53. The first-order valence-corrected chi connectivity index (χ1v) is 6.53. The Kier molecular flexibility index (Phi) is 5.44. The summed E-state index contributed by atoms with van der Waals surface area (Å²) in [5.74, 6) is 5.99. The molecule has 0 atom stereocenters. The van der Waals surface area contributed by atoms with E-state index in [1.165, 1.54) is 0 Å². The summed E-state index contributed by atoms with van der Waals surface area (Å²) in [6.07, 6.45) is 3.85. The van der Waals surface area contributed by atoms with Crippen LogP contribution in [-0.2, 0) is 11.2 Å². The van der Waals surface area contributed by atoms with E-state index in [9.17, 15) is 4.79 Å². The number of nitrogens with zero attached hydrogens (tertiary/aromatic N) is 2. The van der Waals surface area contributed by atoms with Crippen LogP contribution in [0.25, 0.3) is 0 Å². The lowest BCUT2D eigenvalue weighted by Gasteiger charge is -2.04. The molecule has 2 rings (SSSR count). The number of amides is 1. The summed E-state index contributed by atoms with van der Waals surface area (Å²) >= 11 is 0. The van der Waals surface area contributed by atoms with Gasteiger partial charge in [-0.1, -0.05) is 17.9 Å². The van der Waals surface area contributed by atoms with Gasteiger partial charge < -0.3 is 10.4 Å². The summed E-state index contributed by atoms with van der Waals surface area (Å²) in [4.78, 5) is 20.1. The molecule has 0 unspecified atom stereocenters. The van der Waals surface area contributed by atoms with Gasteiger partial charge >= 0.3 is 0 Å². The molecule has 0 saturated carbocycles. The van der Waals surface area contributed by atoms with Crippen molar-refractivity contribution in [1.82, 2.24) is 9.97 Å². The van der Waals surface area contributed by atoms with Crippen molar-refractivity contribution < 1.29 is 9.90 Å². The van der Waals surface area contributed by atoms with Crippen molar-refractivity contribution in [2.45, 2.75) is 12.8 Å². The molecular formula is C16H15N3O2. The van der Waals surface area contributed by atoms with E-state index in [1.807, 2.05) is 6.07 Å². The molecule has 0 aromatic carbocycles. The molecule has 2 aromatic heterocycles. The van der Waals surface area contributed by atoms with Crippen LogP contribution in [0.1, 0.15) is 17.7 Å². The number of carbonyl (C=O) groups is 1.